The molecule has 0 aliphatic heterocycles. The zero-order valence-electron chi connectivity index (χ0n) is 10.2. The van der Waals surface area contributed by atoms with Crippen LogP contribution in [0.4, 0.5) is 0 Å². The van der Waals surface area contributed by atoms with Crippen LogP contribution in [0, 0.1) is 5.92 Å². The Morgan fingerprint density at radius 2 is 2.27 bits per heavy atom. The van der Waals surface area contributed by atoms with Crippen LogP contribution in [0.1, 0.15) is 39.0 Å². The molecule has 1 aliphatic carbocycles. The minimum Gasteiger partial charge on any atom is -0.380 e. The Morgan fingerprint density at radius 1 is 1.47 bits per heavy atom. The Bertz CT molecular complexity index is 160. The molecule has 0 aromatic heterocycles. The second kappa shape index (κ2) is 7.20. The van der Waals surface area contributed by atoms with Crippen molar-refractivity contribution < 1.29 is 4.74 Å². The zero-order valence-corrected chi connectivity index (χ0v) is 10.2. The van der Waals surface area contributed by atoms with E-state index in [2.05, 4.69) is 12.2 Å². The van der Waals surface area contributed by atoms with Gasteiger partial charge in [0.25, 0.3) is 0 Å². The smallest absolute Gasteiger partial charge is 0.0724 e. The van der Waals surface area contributed by atoms with E-state index < -0.39 is 0 Å². The lowest BCUT2D eigenvalue weighted by Gasteiger charge is -2.21. The first-order valence-corrected chi connectivity index (χ1v) is 6.28. The fourth-order valence-corrected chi connectivity index (χ4v) is 2.40. The maximum Gasteiger partial charge on any atom is 0.0724 e. The van der Waals surface area contributed by atoms with Crippen LogP contribution < -0.4 is 11.1 Å². The van der Waals surface area contributed by atoms with Gasteiger partial charge in [-0.2, -0.15) is 0 Å². The van der Waals surface area contributed by atoms with E-state index in [0.29, 0.717) is 18.1 Å². The van der Waals surface area contributed by atoms with Crippen LogP contribution in [-0.2, 0) is 4.74 Å². The molecule has 3 heteroatoms. The molecule has 1 rings (SSSR count). The summed E-state index contributed by atoms with van der Waals surface area (Å²) < 4.78 is 5.45. The predicted molar refractivity (Wildman–Crippen MR) is 63.9 cm³/mol. The molecule has 0 amide bonds. The molecule has 3 N–H and O–H groups in total. The van der Waals surface area contributed by atoms with Gasteiger partial charge in [-0.05, 0) is 44.7 Å². The number of ether oxygens (including phenoxy) is 1. The summed E-state index contributed by atoms with van der Waals surface area (Å²) in [5.41, 5.74) is 5.68. The Labute approximate surface area is 93.8 Å². The van der Waals surface area contributed by atoms with Gasteiger partial charge in [0.2, 0.25) is 0 Å². The first-order valence-electron chi connectivity index (χ1n) is 6.28. The molecule has 90 valence electrons. The summed E-state index contributed by atoms with van der Waals surface area (Å²) in [4.78, 5) is 0. The number of rotatable bonds is 7. The summed E-state index contributed by atoms with van der Waals surface area (Å²) in [6.07, 6.45) is 6.59. The maximum absolute atomic E-state index is 5.68. The topological polar surface area (TPSA) is 47.3 Å². The molecule has 0 aromatic carbocycles. The fraction of sp³-hybridized carbons (Fsp3) is 1.00. The monoisotopic (exact) mass is 214 g/mol. The Balaban J connectivity index is 2.13. The van der Waals surface area contributed by atoms with Gasteiger partial charge in [0.05, 0.1) is 6.10 Å². The highest BCUT2D eigenvalue weighted by molar-refractivity contribution is 4.83. The Kier molecular flexibility index (Phi) is 6.22. The first kappa shape index (κ1) is 12.9. The standard InChI is InChI=1S/C12H26N2O/c1-3-10(9-13)7-8-14-11-5-4-6-12(11)15-2/h10-12,14H,3-9,13H2,1-2H3. The van der Waals surface area contributed by atoms with Gasteiger partial charge in [0.1, 0.15) is 0 Å². The molecule has 1 aliphatic rings. The minimum atomic E-state index is 0.433. The highest BCUT2D eigenvalue weighted by Gasteiger charge is 2.26. The Morgan fingerprint density at radius 3 is 2.87 bits per heavy atom. The van der Waals surface area contributed by atoms with Gasteiger partial charge in [-0.25, -0.2) is 0 Å². The highest BCUT2D eigenvalue weighted by Crippen LogP contribution is 2.21. The molecule has 3 unspecified atom stereocenters. The third kappa shape index (κ3) is 4.09. The molecule has 1 fully saturated rings. The van der Waals surface area contributed by atoms with E-state index in [1.807, 2.05) is 7.11 Å². The third-order valence-corrected chi connectivity index (χ3v) is 3.63. The van der Waals surface area contributed by atoms with Gasteiger partial charge in [0, 0.05) is 13.2 Å². The summed E-state index contributed by atoms with van der Waals surface area (Å²) >= 11 is 0. The first-order chi connectivity index (χ1) is 7.31. The molecule has 3 atom stereocenters. The van der Waals surface area contributed by atoms with Crippen molar-refractivity contribution in [1.29, 1.82) is 0 Å². The van der Waals surface area contributed by atoms with Crippen LogP contribution in [0.2, 0.25) is 0 Å². The van der Waals surface area contributed by atoms with Gasteiger partial charge in [-0.1, -0.05) is 13.3 Å². The van der Waals surface area contributed by atoms with Crippen molar-refractivity contribution in [1.82, 2.24) is 5.32 Å². The van der Waals surface area contributed by atoms with E-state index in [1.54, 1.807) is 0 Å². The van der Waals surface area contributed by atoms with Gasteiger partial charge in [0.15, 0.2) is 0 Å². The number of hydrogen-bond donors (Lipinski definition) is 2. The number of hydrogen-bond acceptors (Lipinski definition) is 3. The summed E-state index contributed by atoms with van der Waals surface area (Å²) in [5, 5.41) is 3.60. The zero-order chi connectivity index (χ0) is 11.1. The highest BCUT2D eigenvalue weighted by atomic mass is 16.5. The van der Waals surface area contributed by atoms with Crippen molar-refractivity contribution in [3.05, 3.63) is 0 Å². The Hall–Kier alpha value is -0.120. The van der Waals surface area contributed by atoms with Crippen molar-refractivity contribution in [2.24, 2.45) is 11.7 Å². The lowest BCUT2D eigenvalue weighted by Crippen LogP contribution is -2.38. The van der Waals surface area contributed by atoms with Crippen molar-refractivity contribution in [2.75, 3.05) is 20.2 Å². The molecule has 0 bridgehead atoms. The number of nitrogens with two attached hydrogens (primary N) is 1. The summed E-state index contributed by atoms with van der Waals surface area (Å²) in [5.74, 6) is 0.680. The predicted octanol–water partition coefficient (Wildman–Crippen LogP) is 1.52. The molecule has 0 saturated heterocycles. The summed E-state index contributed by atoms with van der Waals surface area (Å²) in [6, 6.07) is 0.574. The molecule has 15 heavy (non-hydrogen) atoms. The second-order valence-electron chi connectivity index (χ2n) is 4.56. The number of methoxy groups -OCH3 is 1. The van der Waals surface area contributed by atoms with Crippen LogP contribution in [0.5, 0.6) is 0 Å². The summed E-state index contributed by atoms with van der Waals surface area (Å²) in [6.45, 7) is 4.11. The van der Waals surface area contributed by atoms with E-state index in [1.165, 1.54) is 32.1 Å². The van der Waals surface area contributed by atoms with Gasteiger partial charge in [-0.15, -0.1) is 0 Å². The average molecular weight is 214 g/mol. The lowest BCUT2D eigenvalue weighted by molar-refractivity contribution is 0.0848. The maximum atomic E-state index is 5.68. The van der Waals surface area contributed by atoms with Crippen LogP contribution in [-0.4, -0.2) is 32.3 Å². The van der Waals surface area contributed by atoms with Crippen molar-refractivity contribution in [3.63, 3.8) is 0 Å². The second-order valence-corrected chi connectivity index (χ2v) is 4.56. The van der Waals surface area contributed by atoms with E-state index in [9.17, 15) is 0 Å². The molecule has 1 saturated carbocycles. The van der Waals surface area contributed by atoms with Crippen LogP contribution in [0.25, 0.3) is 0 Å². The lowest BCUT2D eigenvalue weighted by atomic mass is 10.0. The number of nitrogens with one attached hydrogen (secondary N) is 1. The van der Waals surface area contributed by atoms with E-state index in [0.717, 1.165) is 13.1 Å². The van der Waals surface area contributed by atoms with E-state index in [4.69, 9.17) is 10.5 Å². The SMILES string of the molecule is CCC(CN)CCNC1CCCC1OC. The normalized spacial score (nSPS) is 28.2. The van der Waals surface area contributed by atoms with Gasteiger partial charge >= 0.3 is 0 Å². The quantitative estimate of drug-likeness (QED) is 0.675. The third-order valence-electron chi connectivity index (χ3n) is 3.63. The van der Waals surface area contributed by atoms with Crippen molar-refractivity contribution in [3.8, 4) is 0 Å². The largest absolute Gasteiger partial charge is 0.380 e. The molecule has 0 heterocycles. The van der Waals surface area contributed by atoms with Crippen LogP contribution in [0.3, 0.4) is 0 Å². The molecule has 0 aromatic rings. The molecular weight excluding hydrogens is 188 g/mol. The molecule has 0 spiro atoms. The molecular formula is C12H26N2O. The fourth-order valence-electron chi connectivity index (χ4n) is 2.40. The van der Waals surface area contributed by atoms with E-state index in [-0.39, 0.29) is 0 Å². The molecule has 0 radical (unpaired) electrons. The molecule has 3 nitrogen and oxygen atoms in total. The van der Waals surface area contributed by atoms with E-state index >= 15 is 0 Å². The van der Waals surface area contributed by atoms with Gasteiger partial charge < -0.3 is 15.8 Å². The summed E-state index contributed by atoms with van der Waals surface area (Å²) in [7, 11) is 1.82. The minimum absolute atomic E-state index is 0.433. The van der Waals surface area contributed by atoms with Crippen LogP contribution >= 0.6 is 0 Å². The van der Waals surface area contributed by atoms with Crippen molar-refractivity contribution >= 4 is 0 Å². The van der Waals surface area contributed by atoms with Gasteiger partial charge in [-0.3, -0.25) is 0 Å². The van der Waals surface area contributed by atoms with Crippen molar-refractivity contribution in [2.45, 2.75) is 51.2 Å². The van der Waals surface area contributed by atoms with Crippen LogP contribution in [0.15, 0.2) is 0 Å². The average Bonchev–Trinajstić information content (AvgIpc) is 2.72.